The van der Waals surface area contributed by atoms with Crippen LogP contribution in [0, 0.1) is 17.5 Å². The summed E-state index contributed by atoms with van der Waals surface area (Å²) in [4.78, 5) is 31.0. The minimum Gasteiger partial charge on any atom is -0.432 e. The van der Waals surface area contributed by atoms with E-state index in [1.165, 1.54) is 0 Å². The van der Waals surface area contributed by atoms with Crippen LogP contribution in [0.15, 0.2) is 28.3 Å². The second kappa shape index (κ2) is 7.23. The molecule has 2 aromatic rings. The van der Waals surface area contributed by atoms with E-state index in [1.54, 1.807) is 0 Å². The average molecular weight is 391 g/mol. The van der Waals surface area contributed by atoms with Gasteiger partial charge in [0.1, 0.15) is 0 Å². The third-order valence-corrected chi connectivity index (χ3v) is 4.79. The van der Waals surface area contributed by atoms with E-state index < -0.39 is 40.5 Å². The summed E-state index contributed by atoms with van der Waals surface area (Å²) in [5, 5.41) is 2.93. The Labute approximate surface area is 158 Å². The Kier molecular flexibility index (Phi) is 4.76. The molecule has 6 nitrogen and oxygen atoms in total. The number of allylic oxidation sites excluding steroid dienone is 2. The maximum atomic E-state index is 14.0. The Morgan fingerprint density at radius 2 is 1.86 bits per heavy atom. The van der Waals surface area contributed by atoms with E-state index in [0.717, 1.165) is 44.6 Å². The molecule has 2 heterocycles. The molecule has 2 aliphatic rings. The van der Waals surface area contributed by atoms with E-state index in [1.807, 2.05) is 0 Å². The zero-order valence-electron chi connectivity index (χ0n) is 14.7. The highest BCUT2D eigenvalue weighted by molar-refractivity contribution is 6.22. The molecule has 9 heteroatoms. The van der Waals surface area contributed by atoms with Gasteiger partial charge in [0.25, 0.3) is 0 Å². The number of carbonyl (C=O) groups excluding carboxylic acids is 2. The highest BCUT2D eigenvalue weighted by Gasteiger charge is 2.33. The number of nitrogens with zero attached hydrogens (tertiary/aromatic N) is 2. The SMILES string of the molecule is O=C1C(NCCN2CCCC2)=CC(=O)c2oc(-c3ccc(F)c(F)c3F)nc21. The Hall–Kier alpha value is -2.94. The Morgan fingerprint density at radius 3 is 2.61 bits per heavy atom. The van der Waals surface area contributed by atoms with Crippen LogP contribution >= 0.6 is 0 Å². The van der Waals surface area contributed by atoms with Gasteiger partial charge in [0, 0.05) is 19.2 Å². The first-order valence-corrected chi connectivity index (χ1v) is 8.87. The van der Waals surface area contributed by atoms with Crippen LogP contribution in [0.25, 0.3) is 11.5 Å². The number of likely N-dealkylation sites (tertiary alicyclic amines) is 1. The quantitative estimate of drug-likeness (QED) is 0.790. The number of nitrogens with one attached hydrogen (secondary N) is 1. The Morgan fingerprint density at radius 1 is 1.11 bits per heavy atom. The molecule has 1 aromatic heterocycles. The second-order valence-electron chi connectivity index (χ2n) is 6.65. The lowest BCUT2D eigenvalue weighted by Crippen LogP contribution is -2.33. The largest absolute Gasteiger partial charge is 0.432 e. The van der Waals surface area contributed by atoms with Gasteiger partial charge in [-0.05, 0) is 38.1 Å². The second-order valence-corrected chi connectivity index (χ2v) is 6.65. The molecule has 0 atom stereocenters. The van der Waals surface area contributed by atoms with Crippen LogP contribution in [-0.4, -0.2) is 47.6 Å². The number of carbonyl (C=O) groups is 2. The van der Waals surface area contributed by atoms with Crippen molar-refractivity contribution < 1.29 is 27.2 Å². The number of hydrogen-bond donors (Lipinski definition) is 1. The summed E-state index contributed by atoms with van der Waals surface area (Å²) in [5.74, 6) is -6.56. The van der Waals surface area contributed by atoms with E-state index in [2.05, 4.69) is 15.2 Å². The van der Waals surface area contributed by atoms with Gasteiger partial charge in [0.2, 0.25) is 23.2 Å². The predicted octanol–water partition coefficient (Wildman–Crippen LogP) is 2.71. The summed E-state index contributed by atoms with van der Waals surface area (Å²) in [6.45, 7) is 3.22. The van der Waals surface area contributed by atoms with Gasteiger partial charge >= 0.3 is 0 Å². The fourth-order valence-electron chi connectivity index (χ4n) is 3.32. The van der Waals surface area contributed by atoms with Crippen LogP contribution < -0.4 is 5.32 Å². The van der Waals surface area contributed by atoms with E-state index >= 15 is 0 Å². The minimum atomic E-state index is -1.69. The van der Waals surface area contributed by atoms with Crippen molar-refractivity contribution in [2.24, 2.45) is 0 Å². The molecule has 0 spiro atoms. The summed E-state index contributed by atoms with van der Waals surface area (Å²) in [7, 11) is 0. The molecule has 1 aliphatic heterocycles. The lowest BCUT2D eigenvalue weighted by atomic mass is 10.0. The van der Waals surface area contributed by atoms with Crippen molar-refractivity contribution in [3.05, 3.63) is 52.8 Å². The Balaban J connectivity index is 1.55. The molecule has 0 bridgehead atoms. The first-order chi connectivity index (χ1) is 13.5. The third kappa shape index (κ3) is 3.22. The predicted molar refractivity (Wildman–Crippen MR) is 92.2 cm³/mol. The van der Waals surface area contributed by atoms with Crippen molar-refractivity contribution >= 4 is 11.6 Å². The molecule has 1 N–H and O–H groups in total. The zero-order valence-corrected chi connectivity index (χ0v) is 14.7. The van der Waals surface area contributed by atoms with Crippen molar-refractivity contribution in [2.45, 2.75) is 12.8 Å². The number of hydrogen-bond acceptors (Lipinski definition) is 6. The zero-order chi connectivity index (χ0) is 19.8. The molecular weight excluding hydrogens is 375 g/mol. The van der Waals surface area contributed by atoms with Crippen LogP contribution in [-0.2, 0) is 0 Å². The maximum Gasteiger partial charge on any atom is 0.231 e. The maximum absolute atomic E-state index is 14.0. The van der Waals surface area contributed by atoms with E-state index in [-0.39, 0.29) is 17.2 Å². The summed E-state index contributed by atoms with van der Waals surface area (Å²) >= 11 is 0. The number of aromatic nitrogens is 1. The average Bonchev–Trinajstić information content (AvgIpc) is 3.34. The van der Waals surface area contributed by atoms with Gasteiger partial charge in [-0.3, -0.25) is 9.59 Å². The lowest BCUT2D eigenvalue weighted by Gasteiger charge is -2.17. The van der Waals surface area contributed by atoms with Gasteiger partial charge in [0.15, 0.2) is 23.1 Å². The number of benzene rings is 1. The van der Waals surface area contributed by atoms with E-state index in [0.29, 0.717) is 12.6 Å². The highest BCUT2D eigenvalue weighted by Crippen LogP contribution is 2.30. The first kappa shape index (κ1) is 18.4. The Bertz CT molecular complexity index is 994. The van der Waals surface area contributed by atoms with Crippen LogP contribution in [0.1, 0.15) is 33.9 Å². The number of halogens is 3. The van der Waals surface area contributed by atoms with Gasteiger partial charge in [-0.25, -0.2) is 18.2 Å². The fourth-order valence-corrected chi connectivity index (χ4v) is 3.32. The molecular formula is C19H16F3N3O3. The smallest absolute Gasteiger partial charge is 0.231 e. The van der Waals surface area contributed by atoms with Crippen molar-refractivity contribution in [1.82, 2.24) is 15.2 Å². The molecule has 0 unspecified atom stereocenters. The van der Waals surface area contributed by atoms with Gasteiger partial charge in [-0.15, -0.1) is 0 Å². The topological polar surface area (TPSA) is 75.4 Å². The van der Waals surface area contributed by atoms with Crippen LogP contribution in [0.3, 0.4) is 0 Å². The summed E-state index contributed by atoms with van der Waals surface area (Å²) in [5.41, 5.74) is -0.685. The molecule has 28 heavy (non-hydrogen) atoms. The van der Waals surface area contributed by atoms with E-state index in [4.69, 9.17) is 4.42 Å². The van der Waals surface area contributed by atoms with Gasteiger partial charge < -0.3 is 14.6 Å². The van der Waals surface area contributed by atoms with Crippen LogP contribution in [0.4, 0.5) is 13.2 Å². The number of Topliss-reactive ketones (excluding diaryl/α,β-unsaturated/α-hetero) is 1. The van der Waals surface area contributed by atoms with Gasteiger partial charge in [-0.1, -0.05) is 0 Å². The molecule has 1 aromatic carbocycles. The first-order valence-electron chi connectivity index (χ1n) is 8.87. The minimum absolute atomic E-state index is 0.0716. The molecule has 1 aliphatic carbocycles. The van der Waals surface area contributed by atoms with Crippen LogP contribution in [0.5, 0.6) is 0 Å². The summed E-state index contributed by atoms with van der Waals surface area (Å²) < 4.78 is 45.8. The highest BCUT2D eigenvalue weighted by atomic mass is 19.2. The van der Waals surface area contributed by atoms with Gasteiger partial charge in [-0.2, -0.15) is 0 Å². The molecule has 0 saturated carbocycles. The molecule has 1 fully saturated rings. The summed E-state index contributed by atoms with van der Waals surface area (Å²) in [6, 6.07) is 1.65. The van der Waals surface area contributed by atoms with Crippen molar-refractivity contribution in [3.8, 4) is 11.5 Å². The third-order valence-electron chi connectivity index (χ3n) is 4.79. The van der Waals surface area contributed by atoms with Crippen LogP contribution in [0.2, 0.25) is 0 Å². The van der Waals surface area contributed by atoms with Crippen molar-refractivity contribution in [1.29, 1.82) is 0 Å². The molecule has 146 valence electrons. The molecule has 4 rings (SSSR count). The normalized spacial score (nSPS) is 17.0. The van der Waals surface area contributed by atoms with Crippen molar-refractivity contribution in [2.75, 3.05) is 26.2 Å². The molecule has 0 amide bonds. The fraction of sp³-hybridized carbons (Fsp3) is 0.316. The van der Waals surface area contributed by atoms with Gasteiger partial charge in [0.05, 0.1) is 11.3 Å². The number of oxazole rings is 1. The van der Waals surface area contributed by atoms with Crippen molar-refractivity contribution in [3.63, 3.8) is 0 Å². The number of fused-ring (bicyclic) bond motifs is 1. The molecule has 1 saturated heterocycles. The van der Waals surface area contributed by atoms with E-state index in [9.17, 15) is 22.8 Å². The molecule has 0 radical (unpaired) electrons. The summed E-state index contributed by atoms with van der Waals surface area (Å²) in [6.07, 6.45) is 3.39. The monoisotopic (exact) mass is 391 g/mol. The number of ketones is 2. The number of rotatable bonds is 5. The standard InChI is InChI=1S/C19H16F3N3O3/c20-11-4-3-10(14(21)15(11)22)19-24-16-17(27)12(9-13(26)18(16)28-19)23-5-8-25-6-1-2-7-25/h3-4,9,23H,1-2,5-8H2. The lowest BCUT2D eigenvalue weighted by molar-refractivity contribution is 0.0960.